The van der Waals surface area contributed by atoms with Crippen molar-refractivity contribution < 1.29 is 33.8 Å². The minimum Gasteiger partial charge on any atom is -0.460 e. The van der Waals surface area contributed by atoms with Gasteiger partial charge < -0.3 is 29.7 Å². The fourth-order valence-corrected chi connectivity index (χ4v) is 6.95. The Morgan fingerprint density at radius 3 is 2.49 bits per heavy atom. The van der Waals surface area contributed by atoms with Crippen LogP contribution >= 0.6 is 0 Å². The van der Waals surface area contributed by atoms with Crippen LogP contribution in [0.5, 0.6) is 0 Å². The van der Waals surface area contributed by atoms with Gasteiger partial charge >= 0.3 is 5.97 Å². The molecule has 2 saturated heterocycles. The lowest BCUT2D eigenvalue weighted by molar-refractivity contribution is -0.159. The lowest BCUT2D eigenvalue weighted by Crippen LogP contribution is -2.60. The van der Waals surface area contributed by atoms with Gasteiger partial charge in [0.15, 0.2) is 0 Å². The molecule has 3 amide bonds. The van der Waals surface area contributed by atoms with E-state index in [1.807, 2.05) is 19.9 Å². The first-order valence-corrected chi connectivity index (χ1v) is 13.9. The van der Waals surface area contributed by atoms with Crippen LogP contribution in [0.15, 0.2) is 24.3 Å². The van der Waals surface area contributed by atoms with Crippen molar-refractivity contribution in [1.82, 2.24) is 15.1 Å². The van der Waals surface area contributed by atoms with Gasteiger partial charge in [0.1, 0.15) is 23.7 Å². The molecule has 0 saturated carbocycles. The summed E-state index contributed by atoms with van der Waals surface area (Å²) in [6.07, 6.45) is 7.14. The Kier molecular flexibility index (Phi) is 8.02. The Morgan fingerprint density at radius 2 is 1.82 bits per heavy atom. The van der Waals surface area contributed by atoms with Gasteiger partial charge in [0.05, 0.1) is 25.2 Å². The van der Waals surface area contributed by atoms with Gasteiger partial charge in [-0.3, -0.25) is 19.2 Å². The number of ether oxygens (including phenoxy) is 2. The number of β-amino-alcohol motifs (C(OH)–C–C–N with tert-alkyl or cyclic N) is 1. The summed E-state index contributed by atoms with van der Waals surface area (Å²) in [5, 5.41) is 12.6. The molecule has 10 nitrogen and oxygen atoms in total. The van der Waals surface area contributed by atoms with Crippen LogP contribution in [-0.2, 0) is 28.7 Å². The van der Waals surface area contributed by atoms with Crippen molar-refractivity contribution in [1.29, 1.82) is 0 Å². The number of nitrogens with zero attached hydrogens (tertiary/aromatic N) is 2. The van der Waals surface area contributed by atoms with Gasteiger partial charge in [0, 0.05) is 25.0 Å². The van der Waals surface area contributed by atoms with Crippen molar-refractivity contribution in [2.75, 3.05) is 26.2 Å². The summed E-state index contributed by atoms with van der Waals surface area (Å²) in [5.74, 6) is -3.41. The molecule has 0 unspecified atom stereocenters. The van der Waals surface area contributed by atoms with Crippen molar-refractivity contribution in [3.8, 4) is 0 Å². The molecule has 0 bridgehead atoms. The number of allylic oxidation sites excluding steroid dienone is 1. The van der Waals surface area contributed by atoms with Crippen LogP contribution < -0.4 is 5.32 Å². The normalized spacial score (nSPS) is 34.8. The number of carbonyl (C=O) groups excluding carboxylic acids is 4. The molecule has 4 heterocycles. The highest BCUT2D eigenvalue weighted by molar-refractivity contribution is 5.99. The predicted octanol–water partition coefficient (Wildman–Crippen LogP) is 1.57. The van der Waals surface area contributed by atoms with Crippen LogP contribution in [0.25, 0.3) is 0 Å². The maximum atomic E-state index is 14.4. The average Bonchev–Trinajstić information content (AvgIpc) is 3.18. The maximum absolute atomic E-state index is 14.4. The van der Waals surface area contributed by atoms with E-state index in [2.05, 4.69) is 26.1 Å². The Balaban J connectivity index is 1.78. The zero-order chi connectivity index (χ0) is 28.8. The molecule has 2 N–H and O–H groups in total. The smallest absolute Gasteiger partial charge is 0.313 e. The minimum absolute atomic E-state index is 0.0526. The fourth-order valence-electron chi connectivity index (χ4n) is 6.95. The van der Waals surface area contributed by atoms with Gasteiger partial charge in [-0.1, -0.05) is 45.1 Å². The standard InChI is InChI=1S/C29H43N3O7/c1-18-16-30-20(34)11-8-7-10-19-21(26(37)38-18)22-24(35)31(14-15-33)23-25(36)32(13-9-12-29(22,23)39-19)28(5,6)17-27(2,3)4/h7,9-10,12,18-19,21-23,33H,8,11,13-17H2,1-6H3,(H,30,34)/b10-7-/t18-,19-,21+,22+,23-,29+/m1/s1. The second-order valence-corrected chi connectivity index (χ2v) is 13.0. The number of cyclic esters (lactones) is 1. The number of carbonyl (C=O) groups is 4. The molecule has 216 valence electrons. The van der Waals surface area contributed by atoms with Crippen LogP contribution in [-0.4, -0.2) is 94.2 Å². The lowest BCUT2D eigenvalue weighted by atomic mass is 9.77. The SMILES string of the molecule is C[C@@H]1CNC(=O)CC/C=C\[C@H]2O[C@]34C=CCN(C(C)(C)CC(C)(C)C)C(=O)[C@H]3N(CCO)C(=O)[C@@H]4[C@H]2C(=O)O1. The minimum atomic E-state index is -1.40. The lowest BCUT2D eigenvalue weighted by Gasteiger charge is -2.44. The van der Waals surface area contributed by atoms with E-state index in [0.717, 1.165) is 6.42 Å². The van der Waals surface area contributed by atoms with Gasteiger partial charge in [0.25, 0.3) is 0 Å². The molecule has 0 aliphatic carbocycles. The molecule has 4 aliphatic heterocycles. The van der Waals surface area contributed by atoms with E-state index >= 15 is 0 Å². The number of likely N-dealkylation sites (tertiary alicyclic amines) is 1. The molecule has 2 fully saturated rings. The zero-order valence-corrected chi connectivity index (χ0v) is 23.9. The summed E-state index contributed by atoms with van der Waals surface area (Å²) in [6.45, 7) is 12.2. The molecular weight excluding hydrogens is 502 g/mol. The van der Waals surface area contributed by atoms with E-state index in [-0.39, 0.29) is 43.3 Å². The van der Waals surface area contributed by atoms with Crippen molar-refractivity contribution in [2.24, 2.45) is 17.3 Å². The first kappa shape index (κ1) is 29.3. The van der Waals surface area contributed by atoms with Crippen molar-refractivity contribution in [2.45, 2.75) is 90.2 Å². The van der Waals surface area contributed by atoms with Crippen molar-refractivity contribution in [3.63, 3.8) is 0 Å². The summed E-state index contributed by atoms with van der Waals surface area (Å²) >= 11 is 0. The average molecular weight is 546 g/mol. The van der Waals surface area contributed by atoms with Crippen LogP contribution in [0.1, 0.15) is 60.8 Å². The summed E-state index contributed by atoms with van der Waals surface area (Å²) in [4.78, 5) is 57.2. The summed E-state index contributed by atoms with van der Waals surface area (Å²) in [7, 11) is 0. The number of amides is 3. The fraction of sp³-hybridized carbons (Fsp3) is 0.724. The number of fused-ring (bicyclic) bond motifs is 2. The number of hydrogen-bond acceptors (Lipinski definition) is 7. The van der Waals surface area contributed by atoms with E-state index in [9.17, 15) is 24.3 Å². The monoisotopic (exact) mass is 545 g/mol. The molecule has 4 aliphatic rings. The molecule has 0 aromatic heterocycles. The van der Waals surface area contributed by atoms with Crippen LogP contribution in [0.3, 0.4) is 0 Å². The third kappa shape index (κ3) is 5.50. The third-order valence-corrected chi connectivity index (χ3v) is 8.07. The molecular formula is C29H43N3O7. The van der Waals surface area contributed by atoms with E-state index in [0.29, 0.717) is 13.0 Å². The highest BCUT2D eigenvalue weighted by Gasteiger charge is 2.72. The number of hydrogen-bond donors (Lipinski definition) is 2. The number of aliphatic hydroxyl groups excluding tert-OH is 1. The number of aliphatic hydroxyl groups is 1. The van der Waals surface area contributed by atoms with Crippen LogP contribution in [0, 0.1) is 17.3 Å². The van der Waals surface area contributed by atoms with Gasteiger partial charge in [0.2, 0.25) is 17.7 Å². The number of esters is 1. The molecule has 0 aromatic carbocycles. The molecule has 1 spiro atoms. The van der Waals surface area contributed by atoms with Crippen molar-refractivity contribution >= 4 is 23.7 Å². The van der Waals surface area contributed by atoms with Gasteiger partial charge in [-0.15, -0.1) is 0 Å². The highest BCUT2D eigenvalue weighted by atomic mass is 16.6. The quantitative estimate of drug-likeness (QED) is 0.406. The summed E-state index contributed by atoms with van der Waals surface area (Å²) in [6, 6.07) is -1.04. The van der Waals surface area contributed by atoms with E-state index in [1.54, 1.807) is 30.1 Å². The number of rotatable bonds is 4. The second-order valence-electron chi connectivity index (χ2n) is 13.0. The molecule has 39 heavy (non-hydrogen) atoms. The number of nitrogens with one attached hydrogen (secondary N) is 1. The van der Waals surface area contributed by atoms with Crippen molar-refractivity contribution in [3.05, 3.63) is 24.3 Å². The molecule has 0 aromatic rings. The largest absolute Gasteiger partial charge is 0.460 e. The summed E-state index contributed by atoms with van der Waals surface area (Å²) < 4.78 is 12.3. The first-order valence-electron chi connectivity index (χ1n) is 13.9. The maximum Gasteiger partial charge on any atom is 0.313 e. The highest BCUT2D eigenvalue weighted by Crippen LogP contribution is 2.53. The Bertz CT molecular complexity index is 1060. The van der Waals surface area contributed by atoms with E-state index in [1.165, 1.54) is 4.90 Å². The topological polar surface area (TPSA) is 125 Å². The Hall–Kier alpha value is -2.72. The molecule has 6 atom stereocenters. The van der Waals surface area contributed by atoms with Crippen LogP contribution in [0.2, 0.25) is 0 Å². The van der Waals surface area contributed by atoms with Crippen LogP contribution in [0.4, 0.5) is 0 Å². The first-order chi connectivity index (χ1) is 18.2. The second kappa shape index (κ2) is 10.7. The van der Waals surface area contributed by atoms with Gasteiger partial charge in [-0.05, 0) is 39.0 Å². The Labute approximate surface area is 230 Å². The van der Waals surface area contributed by atoms with E-state index in [4.69, 9.17) is 9.47 Å². The molecule has 4 rings (SSSR count). The Morgan fingerprint density at radius 1 is 1.10 bits per heavy atom. The van der Waals surface area contributed by atoms with E-state index < -0.39 is 53.1 Å². The summed E-state index contributed by atoms with van der Waals surface area (Å²) in [5.41, 5.74) is -1.98. The third-order valence-electron chi connectivity index (χ3n) is 8.07. The zero-order valence-electron chi connectivity index (χ0n) is 23.9. The van der Waals surface area contributed by atoms with Gasteiger partial charge in [-0.2, -0.15) is 0 Å². The molecule has 0 radical (unpaired) electrons. The van der Waals surface area contributed by atoms with Gasteiger partial charge in [-0.25, -0.2) is 0 Å². The molecule has 10 heteroatoms. The predicted molar refractivity (Wildman–Crippen MR) is 143 cm³/mol.